The van der Waals surface area contributed by atoms with Gasteiger partial charge in [0.05, 0.1) is 5.56 Å². The molecule has 0 saturated heterocycles. The Hall–Kier alpha value is -2.55. The van der Waals surface area contributed by atoms with Crippen molar-refractivity contribution in [1.29, 1.82) is 0 Å². The van der Waals surface area contributed by atoms with Crippen LogP contribution in [0, 0.1) is 0 Å². The van der Waals surface area contributed by atoms with Crippen molar-refractivity contribution in [3.05, 3.63) is 95.1 Å². The summed E-state index contributed by atoms with van der Waals surface area (Å²) in [6, 6.07) is 22.4. The van der Waals surface area contributed by atoms with Crippen molar-refractivity contribution < 1.29 is 13.2 Å². The third-order valence-electron chi connectivity index (χ3n) is 4.63. The first-order valence-corrected chi connectivity index (χ1v) is 8.80. The number of hydrogen-bond donors (Lipinski definition) is 0. The van der Waals surface area contributed by atoms with E-state index in [1.54, 1.807) is 12.1 Å². The van der Waals surface area contributed by atoms with Gasteiger partial charge in [-0.05, 0) is 59.2 Å². The minimum absolute atomic E-state index is 0.598. The zero-order valence-corrected chi connectivity index (χ0v) is 14.7. The Labute approximate surface area is 152 Å². The van der Waals surface area contributed by atoms with Gasteiger partial charge < -0.3 is 0 Å². The molecule has 134 valence electrons. The lowest BCUT2D eigenvalue weighted by molar-refractivity contribution is -0.137. The van der Waals surface area contributed by atoms with Crippen molar-refractivity contribution in [1.82, 2.24) is 0 Å². The minimum atomic E-state index is -4.27. The van der Waals surface area contributed by atoms with E-state index >= 15 is 0 Å². The van der Waals surface area contributed by atoms with Gasteiger partial charge in [0.15, 0.2) is 0 Å². The topological polar surface area (TPSA) is 0 Å². The first kappa shape index (κ1) is 18.2. The van der Waals surface area contributed by atoms with E-state index in [0.29, 0.717) is 0 Å². The molecule has 0 amide bonds. The van der Waals surface area contributed by atoms with E-state index in [4.69, 9.17) is 0 Å². The molecule has 0 nitrogen and oxygen atoms in total. The summed E-state index contributed by atoms with van der Waals surface area (Å²) < 4.78 is 37.8. The van der Waals surface area contributed by atoms with Gasteiger partial charge in [-0.2, -0.15) is 13.2 Å². The van der Waals surface area contributed by atoms with Gasteiger partial charge in [0.2, 0.25) is 0 Å². The van der Waals surface area contributed by atoms with Gasteiger partial charge >= 0.3 is 6.18 Å². The summed E-state index contributed by atoms with van der Waals surface area (Å²) in [7, 11) is 0. The van der Waals surface area contributed by atoms with Crippen LogP contribution in [0.25, 0.3) is 11.1 Å². The summed E-state index contributed by atoms with van der Waals surface area (Å²) in [5, 5.41) is 0. The van der Waals surface area contributed by atoms with E-state index in [1.807, 2.05) is 0 Å². The van der Waals surface area contributed by atoms with Crippen molar-refractivity contribution in [2.75, 3.05) is 0 Å². The summed E-state index contributed by atoms with van der Waals surface area (Å²) in [5.74, 6) is 0. The van der Waals surface area contributed by atoms with Crippen LogP contribution in [0.15, 0.2) is 72.8 Å². The smallest absolute Gasteiger partial charge is 0.166 e. The third-order valence-corrected chi connectivity index (χ3v) is 4.63. The largest absolute Gasteiger partial charge is 0.416 e. The van der Waals surface area contributed by atoms with Crippen LogP contribution in [0.5, 0.6) is 0 Å². The second-order valence-corrected chi connectivity index (χ2v) is 6.44. The van der Waals surface area contributed by atoms with Gasteiger partial charge in [0.1, 0.15) is 0 Å². The van der Waals surface area contributed by atoms with Gasteiger partial charge in [-0.3, -0.25) is 0 Å². The van der Waals surface area contributed by atoms with Gasteiger partial charge in [0.25, 0.3) is 0 Å². The van der Waals surface area contributed by atoms with Crippen molar-refractivity contribution in [2.24, 2.45) is 0 Å². The van der Waals surface area contributed by atoms with E-state index in [2.05, 4.69) is 55.5 Å². The Morgan fingerprint density at radius 3 is 1.35 bits per heavy atom. The molecule has 3 heteroatoms. The van der Waals surface area contributed by atoms with Crippen LogP contribution in [0.3, 0.4) is 0 Å². The maximum Gasteiger partial charge on any atom is 0.416 e. The lowest BCUT2D eigenvalue weighted by Crippen LogP contribution is -2.04. The van der Waals surface area contributed by atoms with Crippen LogP contribution in [0.4, 0.5) is 13.2 Å². The minimum Gasteiger partial charge on any atom is -0.166 e. The lowest BCUT2D eigenvalue weighted by Gasteiger charge is -2.08. The molecule has 0 radical (unpaired) electrons. The highest BCUT2D eigenvalue weighted by atomic mass is 19.4. The first-order valence-electron chi connectivity index (χ1n) is 8.80. The highest BCUT2D eigenvalue weighted by Crippen LogP contribution is 2.29. The quantitative estimate of drug-likeness (QED) is 0.477. The Morgan fingerprint density at radius 2 is 0.962 bits per heavy atom. The van der Waals surface area contributed by atoms with Crippen molar-refractivity contribution in [2.45, 2.75) is 32.4 Å². The van der Waals surface area contributed by atoms with Gasteiger partial charge in [0, 0.05) is 0 Å². The Bertz CT molecular complexity index is 827. The standard InChI is InChI=1S/C23H21F3/c1-2-17-5-11-20(12-6-17)21-13-7-18(8-14-21)3-4-19-9-15-22(16-10-19)23(24,25)26/h5-16H,2-4H2,1H3. The molecule has 0 aliphatic heterocycles. The van der Waals surface area contributed by atoms with E-state index < -0.39 is 11.7 Å². The average Bonchev–Trinajstić information content (AvgIpc) is 2.66. The average molecular weight is 354 g/mol. The normalized spacial score (nSPS) is 11.5. The molecule has 26 heavy (non-hydrogen) atoms. The number of aryl methyl sites for hydroxylation is 3. The van der Waals surface area contributed by atoms with Crippen LogP contribution in [0.2, 0.25) is 0 Å². The fraction of sp³-hybridized carbons (Fsp3) is 0.217. The van der Waals surface area contributed by atoms with Crippen LogP contribution in [-0.4, -0.2) is 0 Å². The first-order chi connectivity index (χ1) is 12.5. The van der Waals surface area contributed by atoms with Gasteiger partial charge in [-0.15, -0.1) is 0 Å². The molecule has 0 atom stereocenters. The van der Waals surface area contributed by atoms with Crippen LogP contribution in [0.1, 0.15) is 29.2 Å². The highest BCUT2D eigenvalue weighted by Gasteiger charge is 2.29. The number of alkyl halides is 3. The van der Waals surface area contributed by atoms with Gasteiger partial charge in [-0.1, -0.05) is 67.6 Å². The molecule has 0 bridgehead atoms. The summed E-state index contributed by atoms with van der Waals surface area (Å²) in [4.78, 5) is 0. The van der Waals surface area contributed by atoms with Crippen LogP contribution in [-0.2, 0) is 25.4 Å². The molecule has 3 aromatic rings. The second-order valence-electron chi connectivity index (χ2n) is 6.44. The van der Waals surface area contributed by atoms with Crippen molar-refractivity contribution in [3.8, 4) is 11.1 Å². The van der Waals surface area contributed by atoms with E-state index in [0.717, 1.165) is 37.0 Å². The predicted molar refractivity (Wildman–Crippen MR) is 100 cm³/mol. The SMILES string of the molecule is CCc1ccc(-c2ccc(CCc3ccc(C(F)(F)F)cc3)cc2)cc1. The number of halogens is 3. The van der Waals surface area contributed by atoms with Crippen LogP contribution < -0.4 is 0 Å². The summed E-state index contributed by atoms with van der Waals surface area (Å²) >= 11 is 0. The molecule has 0 saturated carbocycles. The molecule has 0 N–H and O–H groups in total. The molecule has 0 heterocycles. The predicted octanol–water partition coefficient (Wildman–Crippen LogP) is 6.72. The fourth-order valence-corrected chi connectivity index (χ4v) is 2.95. The molecule has 0 unspecified atom stereocenters. The van der Waals surface area contributed by atoms with Crippen LogP contribution >= 0.6 is 0 Å². The van der Waals surface area contributed by atoms with Crippen molar-refractivity contribution >= 4 is 0 Å². The van der Waals surface area contributed by atoms with Gasteiger partial charge in [-0.25, -0.2) is 0 Å². The maximum absolute atomic E-state index is 12.6. The van der Waals surface area contributed by atoms with Crippen molar-refractivity contribution in [3.63, 3.8) is 0 Å². The van der Waals surface area contributed by atoms with E-state index in [1.165, 1.54) is 22.3 Å². The Balaban J connectivity index is 1.62. The summed E-state index contributed by atoms with van der Waals surface area (Å²) in [6.07, 6.45) is -1.71. The molecule has 0 aliphatic rings. The molecular formula is C23H21F3. The number of benzene rings is 3. The van der Waals surface area contributed by atoms with E-state index in [-0.39, 0.29) is 0 Å². The zero-order chi connectivity index (χ0) is 18.6. The fourth-order valence-electron chi connectivity index (χ4n) is 2.95. The second kappa shape index (κ2) is 7.77. The molecule has 0 aromatic heterocycles. The Morgan fingerprint density at radius 1 is 0.577 bits per heavy atom. The highest BCUT2D eigenvalue weighted by molar-refractivity contribution is 5.64. The maximum atomic E-state index is 12.6. The third kappa shape index (κ3) is 4.54. The molecule has 3 rings (SSSR count). The molecule has 0 fully saturated rings. The molecule has 0 spiro atoms. The number of hydrogen-bond acceptors (Lipinski definition) is 0. The molecule has 3 aromatic carbocycles. The zero-order valence-electron chi connectivity index (χ0n) is 14.7. The number of rotatable bonds is 5. The summed E-state index contributed by atoms with van der Waals surface area (Å²) in [6.45, 7) is 2.14. The molecule has 0 aliphatic carbocycles. The lowest BCUT2D eigenvalue weighted by atomic mass is 9.99. The summed E-state index contributed by atoms with van der Waals surface area (Å²) in [5.41, 5.74) is 5.18. The monoisotopic (exact) mass is 354 g/mol. The molecular weight excluding hydrogens is 333 g/mol. The van der Waals surface area contributed by atoms with E-state index in [9.17, 15) is 13.2 Å². The Kier molecular flexibility index (Phi) is 5.46.